The molecule has 1 aliphatic heterocycles. The van der Waals surface area contributed by atoms with Gasteiger partial charge < -0.3 is 16.0 Å². The fourth-order valence-corrected chi connectivity index (χ4v) is 2.55. The van der Waals surface area contributed by atoms with E-state index in [9.17, 15) is 0 Å². The molecule has 2 rings (SSSR count). The van der Waals surface area contributed by atoms with Crippen molar-refractivity contribution in [1.82, 2.24) is 9.97 Å². The van der Waals surface area contributed by atoms with Crippen LogP contribution in [-0.2, 0) is 0 Å². The van der Waals surface area contributed by atoms with Gasteiger partial charge in [-0.05, 0) is 32.1 Å². The van der Waals surface area contributed by atoms with E-state index in [1.54, 1.807) is 0 Å². The zero-order valence-electron chi connectivity index (χ0n) is 12.2. The van der Waals surface area contributed by atoms with Crippen molar-refractivity contribution in [3.05, 3.63) is 6.07 Å². The maximum atomic E-state index is 5.83. The molecule has 2 atom stereocenters. The Kier molecular flexibility index (Phi) is 4.45. The van der Waals surface area contributed by atoms with E-state index in [-0.39, 0.29) is 0 Å². The van der Waals surface area contributed by atoms with Gasteiger partial charge in [-0.1, -0.05) is 13.8 Å². The normalized spacial score (nSPS) is 23.4. The molecular formula is C14H25N5. The molecule has 0 spiro atoms. The van der Waals surface area contributed by atoms with E-state index >= 15 is 0 Å². The monoisotopic (exact) mass is 263 g/mol. The summed E-state index contributed by atoms with van der Waals surface area (Å²) in [6, 6.07) is 2.53. The summed E-state index contributed by atoms with van der Waals surface area (Å²) >= 11 is 0. The van der Waals surface area contributed by atoms with Crippen molar-refractivity contribution in [2.45, 2.75) is 46.1 Å². The fourth-order valence-electron chi connectivity index (χ4n) is 2.55. The maximum absolute atomic E-state index is 5.83. The lowest BCUT2D eigenvalue weighted by Gasteiger charge is -2.37. The summed E-state index contributed by atoms with van der Waals surface area (Å²) in [5.41, 5.74) is 5.83. The molecule has 5 heteroatoms. The molecule has 5 nitrogen and oxygen atoms in total. The van der Waals surface area contributed by atoms with Gasteiger partial charge in [0.25, 0.3) is 0 Å². The van der Waals surface area contributed by atoms with Gasteiger partial charge in [0.15, 0.2) is 0 Å². The van der Waals surface area contributed by atoms with E-state index in [4.69, 9.17) is 5.73 Å². The Hall–Kier alpha value is -1.52. The molecule has 19 heavy (non-hydrogen) atoms. The summed E-state index contributed by atoms with van der Waals surface area (Å²) < 4.78 is 0. The number of aromatic nitrogens is 2. The van der Waals surface area contributed by atoms with Crippen LogP contribution in [-0.4, -0.2) is 29.1 Å². The summed E-state index contributed by atoms with van der Waals surface area (Å²) in [6.07, 6.45) is 3.57. The predicted octanol–water partition coefficient (Wildman–Crippen LogP) is 2.51. The summed E-state index contributed by atoms with van der Waals surface area (Å²) in [5.74, 6) is 2.83. The SMILES string of the molecule is CCCNc1cc(N2CC(C)CCC2C)nc(N)n1. The molecule has 2 heterocycles. The number of nitrogens with two attached hydrogens (primary N) is 1. The zero-order chi connectivity index (χ0) is 13.8. The third kappa shape index (κ3) is 3.49. The Bertz CT molecular complexity index is 420. The van der Waals surface area contributed by atoms with Gasteiger partial charge in [0, 0.05) is 25.2 Å². The molecular weight excluding hydrogens is 238 g/mol. The second kappa shape index (κ2) is 6.08. The van der Waals surface area contributed by atoms with Crippen molar-refractivity contribution in [3.8, 4) is 0 Å². The number of hydrogen-bond acceptors (Lipinski definition) is 5. The molecule has 1 aliphatic rings. The van der Waals surface area contributed by atoms with Crippen LogP contribution in [0.15, 0.2) is 6.07 Å². The highest BCUT2D eigenvalue weighted by Crippen LogP contribution is 2.27. The first-order valence-electron chi connectivity index (χ1n) is 7.25. The van der Waals surface area contributed by atoms with Crippen molar-refractivity contribution in [2.24, 2.45) is 5.92 Å². The molecule has 0 aliphatic carbocycles. The lowest BCUT2D eigenvalue weighted by molar-refractivity contribution is 0.388. The highest BCUT2D eigenvalue weighted by Gasteiger charge is 2.24. The molecule has 2 unspecified atom stereocenters. The van der Waals surface area contributed by atoms with Gasteiger partial charge in [-0.25, -0.2) is 0 Å². The van der Waals surface area contributed by atoms with Crippen LogP contribution in [0.5, 0.6) is 0 Å². The van der Waals surface area contributed by atoms with Gasteiger partial charge in [0.2, 0.25) is 5.95 Å². The number of nitrogen functional groups attached to an aromatic ring is 1. The molecule has 106 valence electrons. The largest absolute Gasteiger partial charge is 0.370 e. The second-order valence-electron chi connectivity index (χ2n) is 5.58. The van der Waals surface area contributed by atoms with E-state index in [1.807, 2.05) is 6.07 Å². The van der Waals surface area contributed by atoms with Crippen LogP contribution in [0.3, 0.4) is 0 Å². The minimum Gasteiger partial charge on any atom is -0.370 e. The lowest BCUT2D eigenvalue weighted by Crippen LogP contribution is -2.41. The number of hydrogen-bond donors (Lipinski definition) is 2. The van der Waals surface area contributed by atoms with Crippen LogP contribution in [0.2, 0.25) is 0 Å². The fraction of sp³-hybridized carbons (Fsp3) is 0.714. The molecule has 0 aromatic carbocycles. The second-order valence-corrected chi connectivity index (χ2v) is 5.58. The maximum Gasteiger partial charge on any atom is 0.223 e. The Morgan fingerprint density at radius 3 is 2.89 bits per heavy atom. The molecule has 1 saturated heterocycles. The summed E-state index contributed by atoms with van der Waals surface area (Å²) in [6.45, 7) is 8.63. The summed E-state index contributed by atoms with van der Waals surface area (Å²) in [5, 5.41) is 3.28. The van der Waals surface area contributed by atoms with Crippen molar-refractivity contribution in [2.75, 3.05) is 29.0 Å². The third-order valence-electron chi connectivity index (χ3n) is 3.70. The Labute approximate surface area is 115 Å². The van der Waals surface area contributed by atoms with Crippen LogP contribution in [0.25, 0.3) is 0 Å². The van der Waals surface area contributed by atoms with E-state index in [2.05, 4.69) is 41.0 Å². The van der Waals surface area contributed by atoms with Crippen LogP contribution in [0, 0.1) is 5.92 Å². The quantitative estimate of drug-likeness (QED) is 0.873. The average Bonchev–Trinajstić information content (AvgIpc) is 2.38. The minimum absolute atomic E-state index is 0.349. The summed E-state index contributed by atoms with van der Waals surface area (Å²) in [7, 11) is 0. The van der Waals surface area contributed by atoms with Crippen molar-refractivity contribution in [3.63, 3.8) is 0 Å². The lowest BCUT2D eigenvalue weighted by atomic mass is 9.95. The molecule has 1 fully saturated rings. The Morgan fingerprint density at radius 1 is 1.37 bits per heavy atom. The van der Waals surface area contributed by atoms with Crippen LogP contribution in [0.4, 0.5) is 17.6 Å². The van der Waals surface area contributed by atoms with Gasteiger partial charge in [-0.3, -0.25) is 0 Å². The van der Waals surface area contributed by atoms with E-state index in [0.717, 1.165) is 31.1 Å². The summed E-state index contributed by atoms with van der Waals surface area (Å²) in [4.78, 5) is 11.0. The predicted molar refractivity (Wildman–Crippen MR) is 80.4 cm³/mol. The molecule has 0 bridgehead atoms. The van der Waals surface area contributed by atoms with E-state index < -0.39 is 0 Å². The number of piperidine rings is 1. The molecule has 3 N–H and O–H groups in total. The minimum atomic E-state index is 0.349. The first kappa shape index (κ1) is 13.9. The van der Waals surface area contributed by atoms with Gasteiger partial charge >= 0.3 is 0 Å². The van der Waals surface area contributed by atoms with Crippen LogP contribution in [0.1, 0.15) is 40.0 Å². The molecule has 0 radical (unpaired) electrons. The van der Waals surface area contributed by atoms with Gasteiger partial charge in [-0.2, -0.15) is 9.97 Å². The van der Waals surface area contributed by atoms with Gasteiger partial charge in [0.05, 0.1) is 0 Å². The van der Waals surface area contributed by atoms with Crippen molar-refractivity contribution < 1.29 is 0 Å². The molecule has 1 aromatic heterocycles. The van der Waals surface area contributed by atoms with Crippen molar-refractivity contribution >= 4 is 17.6 Å². The number of nitrogens with zero attached hydrogens (tertiary/aromatic N) is 3. The van der Waals surface area contributed by atoms with Crippen molar-refractivity contribution in [1.29, 1.82) is 0 Å². The number of anilines is 3. The topological polar surface area (TPSA) is 67.1 Å². The van der Waals surface area contributed by atoms with Crippen LogP contribution >= 0.6 is 0 Å². The average molecular weight is 263 g/mol. The zero-order valence-corrected chi connectivity index (χ0v) is 12.2. The van der Waals surface area contributed by atoms with Gasteiger partial charge in [-0.15, -0.1) is 0 Å². The third-order valence-corrected chi connectivity index (χ3v) is 3.70. The van der Waals surface area contributed by atoms with E-state index in [0.29, 0.717) is 17.9 Å². The standard InChI is InChI=1S/C14H25N5/c1-4-7-16-12-8-13(18-14(15)17-12)19-9-10(2)5-6-11(19)3/h8,10-11H,4-7,9H2,1-3H3,(H3,15,16,17,18). The first-order chi connectivity index (χ1) is 9.10. The smallest absolute Gasteiger partial charge is 0.223 e. The number of nitrogens with one attached hydrogen (secondary N) is 1. The number of rotatable bonds is 4. The molecule has 0 amide bonds. The van der Waals surface area contributed by atoms with Crippen LogP contribution < -0.4 is 16.0 Å². The molecule has 1 aromatic rings. The Balaban J connectivity index is 2.20. The highest BCUT2D eigenvalue weighted by molar-refractivity contribution is 5.53. The molecule has 0 saturated carbocycles. The Morgan fingerprint density at radius 2 is 2.16 bits per heavy atom. The highest BCUT2D eigenvalue weighted by atomic mass is 15.2. The van der Waals surface area contributed by atoms with E-state index in [1.165, 1.54) is 12.8 Å². The van der Waals surface area contributed by atoms with Gasteiger partial charge in [0.1, 0.15) is 11.6 Å². The first-order valence-corrected chi connectivity index (χ1v) is 7.25.